The maximum absolute atomic E-state index is 10.3. The standard InChI is InChI=1S/C11H14O3/c1-10(7-8-12)6-4-3-5-9-14-11(2)13/h3,5,12H,1,7-9H2,2H3/b5-3-. The van der Waals surface area contributed by atoms with Gasteiger partial charge in [0.1, 0.15) is 6.61 Å². The first-order valence-electron chi connectivity index (χ1n) is 4.25. The van der Waals surface area contributed by atoms with Crippen molar-refractivity contribution in [3.63, 3.8) is 0 Å². The van der Waals surface area contributed by atoms with Crippen LogP contribution in [0, 0.1) is 11.8 Å². The monoisotopic (exact) mass is 194 g/mol. The van der Waals surface area contributed by atoms with Gasteiger partial charge in [0.2, 0.25) is 0 Å². The third-order valence-corrected chi connectivity index (χ3v) is 1.25. The molecule has 0 fully saturated rings. The Labute approximate surface area is 84.1 Å². The molecule has 0 unspecified atom stereocenters. The SMILES string of the molecule is C=C(C#C/C=C\COC(C)=O)CCO. The van der Waals surface area contributed by atoms with Crippen molar-refractivity contribution in [1.82, 2.24) is 0 Å². The predicted octanol–water partition coefficient (Wildman–Crippen LogP) is 1.05. The van der Waals surface area contributed by atoms with E-state index in [1.54, 1.807) is 12.2 Å². The highest BCUT2D eigenvalue weighted by Gasteiger charge is 1.86. The van der Waals surface area contributed by atoms with Crippen molar-refractivity contribution >= 4 is 5.97 Å². The van der Waals surface area contributed by atoms with Crippen molar-refractivity contribution in [3.05, 3.63) is 24.3 Å². The summed E-state index contributed by atoms with van der Waals surface area (Å²) >= 11 is 0. The third-order valence-electron chi connectivity index (χ3n) is 1.25. The van der Waals surface area contributed by atoms with Gasteiger partial charge in [-0.05, 0) is 17.7 Å². The maximum Gasteiger partial charge on any atom is 0.302 e. The van der Waals surface area contributed by atoms with Gasteiger partial charge in [0.05, 0.1) is 0 Å². The molecule has 76 valence electrons. The lowest BCUT2D eigenvalue weighted by Crippen LogP contribution is -1.96. The van der Waals surface area contributed by atoms with E-state index in [1.807, 2.05) is 0 Å². The Hall–Kier alpha value is -1.53. The molecule has 0 saturated heterocycles. The van der Waals surface area contributed by atoms with Gasteiger partial charge in [-0.25, -0.2) is 0 Å². The van der Waals surface area contributed by atoms with Crippen LogP contribution in [0.5, 0.6) is 0 Å². The molecule has 0 aliphatic heterocycles. The zero-order valence-electron chi connectivity index (χ0n) is 8.25. The second-order valence-corrected chi connectivity index (χ2v) is 2.55. The van der Waals surface area contributed by atoms with Gasteiger partial charge < -0.3 is 9.84 Å². The van der Waals surface area contributed by atoms with Gasteiger partial charge >= 0.3 is 5.97 Å². The molecule has 0 atom stereocenters. The smallest absolute Gasteiger partial charge is 0.302 e. The number of ether oxygens (including phenoxy) is 1. The van der Waals surface area contributed by atoms with Crippen LogP contribution in [0.15, 0.2) is 24.3 Å². The van der Waals surface area contributed by atoms with Crippen LogP contribution >= 0.6 is 0 Å². The normalized spacial score (nSPS) is 9.29. The van der Waals surface area contributed by atoms with Crippen LogP contribution in [0.2, 0.25) is 0 Å². The quantitative estimate of drug-likeness (QED) is 0.537. The molecule has 0 aromatic carbocycles. The average Bonchev–Trinajstić information content (AvgIpc) is 2.11. The first kappa shape index (κ1) is 12.5. The van der Waals surface area contributed by atoms with Crippen molar-refractivity contribution in [1.29, 1.82) is 0 Å². The Kier molecular flexibility index (Phi) is 7.20. The topological polar surface area (TPSA) is 46.5 Å². The van der Waals surface area contributed by atoms with E-state index >= 15 is 0 Å². The molecular formula is C11H14O3. The zero-order chi connectivity index (χ0) is 10.8. The molecule has 0 aliphatic carbocycles. The van der Waals surface area contributed by atoms with Gasteiger partial charge in [0, 0.05) is 20.0 Å². The van der Waals surface area contributed by atoms with Crippen molar-refractivity contribution in [2.45, 2.75) is 13.3 Å². The third kappa shape index (κ3) is 8.57. The number of carbonyl (C=O) groups excluding carboxylic acids is 1. The molecule has 0 amide bonds. The molecule has 14 heavy (non-hydrogen) atoms. The minimum Gasteiger partial charge on any atom is -0.462 e. The Morgan fingerprint density at radius 2 is 2.36 bits per heavy atom. The summed E-state index contributed by atoms with van der Waals surface area (Å²) in [5.74, 6) is 5.14. The second kappa shape index (κ2) is 8.09. The number of aliphatic hydroxyl groups excluding tert-OH is 1. The highest BCUT2D eigenvalue weighted by molar-refractivity contribution is 5.66. The minimum atomic E-state index is -0.313. The van der Waals surface area contributed by atoms with Crippen LogP contribution in [-0.2, 0) is 9.53 Å². The Balaban J connectivity index is 3.69. The molecule has 0 saturated carbocycles. The van der Waals surface area contributed by atoms with Gasteiger partial charge in [0.15, 0.2) is 0 Å². The van der Waals surface area contributed by atoms with E-state index < -0.39 is 0 Å². The minimum absolute atomic E-state index is 0.0602. The predicted molar refractivity (Wildman–Crippen MR) is 54.4 cm³/mol. The summed E-state index contributed by atoms with van der Waals surface area (Å²) in [6.45, 7) is 5.28. The van der Waals surface area contributed by atoms with E-state index in [1.165, 1.54) is 6.92 Å². The average molecular weight is 194 g/mol. The molecule has 1 N–H and O–H groups in total. The molecule has 3 heteroatoms. The summed E-state index contributed by atoms with van der Waals surface area (Å²) in [6.07, 6.45) is 3.72. The fraction of sp³-hybridized carbons (Fsp3) is 0.364. The second-order valence-electron chi connectivity index (χ2n) is 2.55. The highest BCUT2D eigenvalue weighted by atomic mass is 16.5. The van der Waals surface area contributed by atoms with Crippen molar-refractivity contribution in [3.8, 4) is 11.8 Å². The largest absolute Gasteiger partial charge is 0.462 e. The number of rotatable bonds is 4. The van der Waals surface area contributed by atoms with Crippen molar-refractivity contribution < 1.29 is 14.6 Å². The van der Waals surface area contributed by atoms with Gasteiger partial charge in [-0.2, -0.15) is 0 Å². The van der Waals surface area contributed by atoms with E-state index in [4.69, 9.17) is 5.11 Å². The fourth-order valence-electron chi connectivity index (χ4n) is 0.614. The van der Waals surface area contributed by atoms with E-state index in [0.717, 1.165) is 0 Å². The maximum atomic E-state index is 10.3. The van der Waals surface area contributed by atoms with Gasteiger partial charge in [-0.1, -0.05) is 18.4 Å². The first-order valence-corrected chi connectivity index (χ1v) is 4.25. The molecule has 0 aliphatic rings. The van der Waals surface area contributed by atoms with E-state index in [9.17, 15) is 4.79 Å². The van der Waals surface area contributed by atoms with E-state index in [-0.39, 0.29) is 19.2 Å². The van der Waals surface area contributed by atoms with Crippen molar-refractivity contribution in [2.24, 2.45) is 0 Å². The Morgan fingerprint density at radius 1 is 1.64 bits per heavy atom. The zero-order valence-corrected chi connectivity index (χ0v) is 8.25. The Morgan fingerprint density at radius 3 is 2.93 bits per heavy atom. The number of allylic oxidation sites excluding steroid dienone is 1. The molecule has 0 heterocycles. The van der Waals surface area contributed by atoms with Gasteiger partial charge in [-0.3, -0.25) is 4.79 Å². The highest BCUT2D eigenvalue weighted by Crippen LogP contribution is 1.92. The Bertz CT molecular complexity index is 279. The molecule has 0 aromatic heterocycles. The summed E-state index contributed by atoms with van der Waals surface area (Å²) in [4.78, 5) is 10.3. The molecule has 3 nitrogen and oxygen atoms in total. The van der Waals surface area contributed by atoms with Crippen LogP contribution in [0.3, 0.4) is 0 Å². The van der Waals surface area contributed by atoms with Crippen molar-refractivity contribution in [2.75, 3.05) is 13.2 Å². The fourth-order valence-corrected chi connectivity index (χ4v) is 0.614. The summed E-state index contributed by atoms with van der Waals surface area (Å²) in [7, 11) is 0. The van der Waals surface area contributed by atoms with Crippen LogP contribution in [0.1, 0.15) is 13.3 Å². The molecular weight excluding hydrogens is 180 g/mol. The lowest BCUT2D eigenvalue weighted by molar-refractivity contribution is -0.139. The first-order chi connectivity index (χ1) is 6.66. The summed E-state index contributed by atoms with van der Waals surface area (Å²) in [5, 5.41) is 8.53. The number of esters is 1. The molecule has 0 radical (unpaired) electrons. The molecule has 0 bridgehead atoms. The summed E-state index contributed by atoms with van der Waals surface area (Å²) < 4.78 is 4.64. The van der Waals surface area contributed by atoms with Gasteiger partial charge in [-0.15, -0.1) is 0 Å². The van der Waals surface area contributed by atoms with Crippen LogP contribution in [-0.4, -0.2) is 24.3 Å². The number of aliphatic hydroxyl groups is 1. The number of carbonyl (C=O) groups is 1. The molecule has 0 aromatic rings. The van der Waals surface area contributed by atoms with Crippen LogP contribution < -0.4 is 0 Å². The van der Waals surface area contributed by atoms with Crippen LogP contribution in [0.25, 0.3) is 0 Å². The van der Waals surface area contributed by atoms with E-state index in [2.05, 4.69) is 23.2 Å². The lowest BCUT2D eigenvalue weighted by atomic mass is 10.2. The summed E-state index contributed by atoms with van der Waals surface area (Å²) in [5.41, 5.74) is 0.685. The molecule has 0 rings (SSSR count). The van der Waals surface area contributed by atoms with Crippen LogP contribution in [0.4, 0.5) is 0 Å². The van der Waals surface area contributed by atoms with E-state index in [0.29, 0.717) is 12.0 Å². The lowest BCUT2D eigenvalue weighted by Gasteiger charge is -1.92. The number of hydrogen-bond acceptors (Lipinski definition) is 3. The number of hydrogen-bond donors (Lipinski definition) is 1. The molecule has 0 spiro atoms. The van der Waals surface area contributed by atoms with Gasteiger partial charge in [0.25, 0.3) is 0 Å². The summed E-state index contributed by atoms with van der Waals surface area (Å²) in [6, 6.07) is 0.